The summed E-state index contributed by atoms with van der Waals surface area (Å²) in [4.78, 5) is 27.7. The Morgan fingerprint density at radius 2 is 2.12 bits per heavy atom. The van der Waals surface area contributed by atoms with Crippen LogP contribution in [0.25, 0.3) is 0 Å². The summed E-state index contributed by atoms with van der Waals surface area (Å²) < 4.78 is 15.2. The van der Waals surface area contributed by atoms with Crippen LogP contribution in [0.1, 0.15) is 0 Å². The molecule has 9 nitrogen and oxygen atoms in total. The van der Waals surface area contributed by atoms with Gasteiger partial charge in [0.15, 0.2) is 5.82 Å². The highest BCUT2D eigenvalue weighted by Crippen LogP contribution is 2.34. The summed E-state index contributed by atoms with van der Waals surface area (Å²) in [7, 11) is 3.09. The molecule has 1 aromatic carbocycles. The van der Waals surface area contributed by atoms with Gasteiger partial charge in [-0.15, -0.1) is 0 Å². The lowest BCUT2D eigenvalue weighted by molar-refractivity contribution is -0.116. The molecule has 0 unspecified atom stereocenters. The van der Waals surface area contributed by atoms with E-state index in [1.165, 1.54) is 24.3 Å². The molecule has 1 N–H and O–H groups in total. The van der Waals surface area contributed by atoms with E-state index >= 15 is 0 Å². The molecule has 0 spiro atoms. The lowest BCUT2D eigenvalue weighted by Crippen LogP contribution is -2.37. The molecule has 2 heterocycles. The Hall–Kier alpha value is -3.23. The number of carbonyl (C=O) groups is 2. The van der Waals surface area contributed by atoms with Crippen LogP contribution in [-0.2, 0) is 4.79 Å². The normalized spacial score (nSPS) is 13.9. The van der Waals surface area contributed by atoms with Crippen molar-refractivity contribution in [3.05, 3.63) is 30.5 Å². The van der Waals surface area contributed by atoms with Gasteiger partial charge < -0.3 is 24.2 Å². The van der Waals surface area contributed by atoms with Crippen LogP contribution in [-0.4, -0.2) is 55.8 Å². The van der Waals surface area contributed by atoms with Gasteiger partial charge in [-0.2, -0.15) is 0 Å². The first-order chi connectivity index (χ1) is 12.1. The number of nitrogens with one attached hydrogen (secondary N) is 1. The molecule has 132 valence electrons. The molecular formula is C16H18N4O5. The maximum Gasteiger partial charge on any atom is 0.325 e. The number of methoxy groups -OCH3 is 2. The predicted octanol–water partition coefficient (Wildman–Crippen LogP) is 1.57. The summed E-state index contributed by atoms with van der Waals surface area (Å²) in [6, 6.07) is 6.47. The van der Waals surface area contributed by atoms with Crippen molar-refractivity contribution >= 4 is 23.4 Å². The third kappa shape index (κ3) is 3.49. The molecule has 0 aliphatic carbocycles. The number of aromatic nitrogens is 1. The molecule has 2 aromatic rings. The molecule has 9 heteroatoms. The van der Waals surface area contributed by atoms with Gasteiger partial charge in [0.25, 0.3) is 0 Å². The van der Waals surface area contributed by atoms with E-state index in [9.17, 15) is 9.59 Å². The number of ether oxygens (including phenoxy) is 2. The van der Waals surface area contributed by atoms with Crippen molar-refractivity contribution in [3.63, 3.8) is 0 Å². The van der Waals surface area contributed by atoms with Gasteiger partial charge in [-0.1, -0.05) is 5.16 Å². The number of carbonyl (C=O) groups excluding carboxylic acids is 2. The summed E-state index contributed by atoms with van der Waals surface area (Å²) in [5.74, 6) is 1.14. The quantitative estimate of drug-likeness (QED) is 0.853. The van der Waals surface area contributed by atoms with Crippen molar-refractivity contribution in [1.29, 1.82) is 0 Å². The number of nitrogens with zero attached hydrogens (tertiary/aromatic N) is 3. The number of urea groups is 1. The second kappa shape index (κ2) is 7.12. The fourth-order valence-electron chi connectivity index (χ4n) is 2.59. The average molecular weight is 346 g/mol. The minimum Gasteiger partial charge on any atom is -0.497 e. The topological polar surface area (TPSA) is 97.1 Å². The number of benzene rings is 1. The highest BCUT2D eigenvalue weighted by Gasteiger charge is 2.32. The van der Waals surface area contributed by atoms with Gasteiger partial charge in [0.05, 0.1) is 19.9 Å². The number of anilines is 2. The van der Waals surface area contributed by atoms with E-state index in [2.05, 4.69) is 15.0 Å². The van der Waals surface area contributed by atoms with Gasteiger partial charge in [0, 0.05) is 25.2 Å². The molecule has 1 fully saturated rings. The lowest BCUT2D eigenvalue weighted by atomic mass is 10.2. The maximum atomic E-state index is 12.7. The molecule has 25 heavy (non-hydrogen) atoms. The van der Waals surface area contributed by atoms with Crippen molar-refractivity contribution in [2.45, 2.75) is 0 Å². The zero-order chi connectivity index (χ0) is 17.8. The minimum absolute atomic E-state index is 0.0749. The Labute approximate surface area is 144 Å². The van der Waals surface area contributed by atoms with E-state index < -0.39 is 0 Å². The Bertz CT molecular complexity index is 762. The molecule has 0 atom stereocenters. The fraction of sp³-hybridized carbons (Fsp3) is 0.312. The van der Waals surface area contributed by atoms with E-state index in [0.29, 0.717) is 36.1 Å². The van der Waals surface area contributed by atoms with Crippen molar-refractivity contribution < 1.29 is 23.6 Å². The molecule has 1 aliphatic heterocycles. The molecule has 1 saturated heterocycles. The number of hydrogen-bond donors (Lipinski definition) is 1. The van der Waals surface area contributed by atoms with Crippen molar-refractivity contribution in [3.8, 4) is 11.5 Å². The van der Waals surface area contributed by atoms with Gasteiger partial charge in [0.2, 0.25) is 5.91 Å². The van der Waals surface area contributed by atoms with Crippen LogP contribution in [0, 0.1) is 0 Å². The van der Waals surface area contributed by atoms with Crippen LogP contribution >= 0.6 is 0 Å². The monoisotopic (exact) mass is 346 g/mol. The van der Waals surface area contributed by atoms with Crippen LogP contribution in [0.5, 0.6) is 11.5 Å². The largest absolute Gasteiger partial charge is 0.497 e. The van der Waals surface area contributed by atoms with Crippen LogP contribution in [0.4, 0.5) is 16.3 Å². The third-order valence-corrected chi connectivity index (χ3v) is 3.81. The molecule has 0 saturated carbocycles. The van der Waals surface area contributed by atoms with Gasteiger partial charge in [-0.3, -0.25) is 9.69 Å². The SMILES string of the molecule is COc1ccc(OC)c(N2CCN(CC(=O)Nc3ccon3)C2=O)c1. The van der Waals surface area contributed by atoms with Crippen LogP contribution in [0.2, 0.25) is 0 Å². The standard InChI is InChI=1S/C16H18N4O5/c1-23-11-3-4-13(24-2)12(9-11)20-7-6-19(16(20)22)10-15(21)17-14-5-8-25-18-14/h3-5,8-9H,6-7,10H2,1-2H3,(H,17,18,21). The Balaban J connectivity index is 1.70. The lowest BCUT2D eigenvalue weighted by Gasteiger charge is -2.20. The van der Waals surface area contributed by atoms with Crippen LogP contribution < -0.4 is 19.7 Å². The zero-order valence-electron chi connectivity index (χ0n) is 13.9. The number of rotatable bonds is 6. The third-order valence-electron chi connectivity index (χ3n) is 3.81. The first kappa shape index (κ1) is 16.6. The number of hydrogen-bond acceptors (Lipinski definition) is 6. The van der Waals surface area contributed by atoms with Crippen LogP contribution in [0.3, 0.4) is 0 Å². The van der Waals surface area contributed by atoms with E-state index in [0.717, 1.165) is 0 Å². The first-order valence-electron chi connectivity index (χ1n) is 7.61. The molecule has 3 amide bonds. The fourth-order valence-corrected chi connectivity index (χ4v) is 2.59. The van der Waals surface area contributed by atoms with E-state index in [4.69, 9.17) is 9.47 Å². The second-order valence-electron chi connectivity index (χ2n) is 5.33. The summed E-state index contributed by atoms with van der Waals surface area (Å²) in [6.45, 7) is 0.791. The summed E-state index contributed by atoms with van der Waals surface area (Å²) in [6.07, 6.45) is 1.35. The predicted molar refractivity (Wildman–Crippen MR) is 89.0 cm³/mol. The van der Waals surface area contributed by atoms with E-state index in [-0.39, 0.29) is 18.5 Å². The van der Waals surface area contributed by atoms with Crippen molar-refractivity contribution in [2.75, 3.05) is 44.1 Å². The minimum atomic E-state index is -0.346. The second-order valence-corrected chi connectivity index (χ2v) is 5.33. The van der Waals surface area contributed by atoms with Gasteiger partial charge >= 0.3 is 6.03 Å². The van der Waals surface area contributed by atoms with Gasteiger partial charge in [0.1, 0.15) is 24.3 Å². The Morgan fingerprint density at radius 3 is 2.80 bits per heavy atom. The van der Waals surface area contributed by atoms with Crippen LogP contribution in [0.15, 0.2) is 35.1 Å². The smallest absolute Gasteiger partial charge is 0.325 e. The molecule has 1 aliphatic rings. The Kier molecular flexibility index (Phi) is 4.73. The molecule has 3 rings (SSSR count). The van der Waals surface area contributed by atoms with E-state index in [1.54, 1.807) is 30.2 Å². The molecule has 0 radical (unpaired) electrons. The van der Waals surface area contributed by atoms with Gasteiger partial charge in [-0.25, -0.2) is 4.79 Å². The highest BCUT2D eigenvalue weighted by atomic mass is 16.5. The van der Waals surface area contributed by atoms with Crippen molar-refractivity contribution in [1.82, 2.24) is 10.1 Å². The Morgan fingerprint density at radius 1 is 1.28 bits per heavy atom. The molecule has 1 aromatic heterocycles. The van der Waals surface area contributed by atoms with Crippen molar-refractivity contribution in [2.24, 2.45) is 0 Å². The van der Waals surface area contributed by atoms with E-state index in [1.807, 2.05) is 0 Å². The highest BCUT2D eigenvalue weighted by molar-refractivity contribution is 6.00. The first-order valence-corrected chi connectivity index (χ1v) is 7.61. The zero-order valence-corrected chi connectivity index (χ0v) is 13.9. The summed E-state index contributed by atoms with van der Waals surface area (Å²) >= 11 is 0. The van der Waals surface area contributed by atoms with Gasteiger partial charge in [-0.05, 0) is 12.1 Å². The maximum absolute atomic E-state index is 12.7. The summed E-state index contributed by atoms with van der Waals surface area (Å²) in [5.41, 5.74) is 0.603. The molecule has 0 bridgehead atoms. The molecular weight excluding hydrogens is 328 g/mol. The number of amides is 3. The average Bonchev–Trinajstić information content (AvgIpc) is 3.25. The summed E-state index contributed by atoms with van der Waals surface area (Å²) in [5, 5.41) is 6.17.